The first kappa shape index (κ1) is 54.1. The summed E-state index contributed by atoms with van der Waals surface area (Å²) in [7, 11) is 4.01. The number of likely N-dealkylation sites (N-methyl/N-ethyl adjacent to an activating group) is 1. The third-order valence-corrected chi connectivity index (χ3v) is 12.3. The number of amides is 1. The Morgan fingerprint density at radius 1 is 0.561 bits per heavy atom. The van der Waals surface area contributed by atoms with E-state index in [1.54, 1.807) is 0 Å². The Hall–Kier alpha value is -0.890. The van der Waals surface area contributed by atoms with Crippen LogP contribution in [0.5, 0.6) is 0 Å². The number of nitrogens with one attached hydrogen (secondary N) is 1. The molecule has 0 spiro atoms. The molecule has 0 aromatic carbocycles. The lowest BCUT2D eigenvalue weighted by atomic mass is 9.94. The number of nitrogens with zero attached hydrogens (tertiary/aromatic N) is 1. The quantitative estimate of drug-likeness (QED) is 0.0619. The molecule has 7 heteroatoms. The zero-order valence-electron chi connectivity index (χ0n) is 39.2. The topological polar surface area (TPSA) is 69.3 Å². The highest BCUT2D eigenvalue weighted by molar-refractivity contribution is 5.67. The van der Waals surface area contributed by atoms with Crippen LogP contribution in [0, 0.1) is 11.8 Å². The minimum atomic E-state index is -0.386. The van der Waals surface area contributed by atoms with Gasteiger partial charge in [0.05, 0.1) is 19.8 Å². The Bertz CT molecular complexity index is 844. The molecule has 1 heterocycles. The van der Waals surface area contributed by atoms with Crippen LogP contribution in [0.2, 0.25) is 0 Å². The minimum absolute atomic E-state index is 0.126. The third-order valence-electron chi connectivity index (χ3n) is 12.3. The Labute approximate surface area is 356 Å². The number of carbonyl (C=O) groups is 1. The van der Waals surface area contributed by atoms with Crippen molar-refractivity contribution in [3.63, 3.8) is 0 Å². The summed E-state index contributed by atoms with van der Waals surface area (Å²) >= 11 is 0. The molecule has 1 aliphatic heterocycles. The molecule has 340 valence electrons. The minimum Gasteiger partial charge on any atom is -0.447 e. The van der Waals surface area contributed by atoms with Gasteiger partial charge in [-0.15, -0.1) is 0 Å². The molecule has 1 rings (SSSR count). The summed E-state index contributed by atoms with van der Waals surface area (Å²) in [6.07, 6.45) is 41.6. The first-order valence-electron chi connectivity index (χ1n) is 25.3. The highest BCUT2D eigenvalue weighted by Gasteiger charge is 2.40. The van der Waals surface area contributed by atoms with Gasteiger partial charge in [-0.2, -0.15) is 0 Å². The summed E-state index contributed by atoms with van der Waals surface area (Å²) in [6.45, 7) is 12.7. The van der Waals surface area contributed by atoms with E-state index >= 15 is 0 Å². The van der Waals surface area contributed by atoms with E-state index in [2.05, 4.69) is 37.9 Å². The molecule has 0 aromatic rings. The number of hydrogen-bond donors (Lipinski definition) is 1. The lowest BCUT2D eigenvalue weighted by molar-refractivity contribution is -0.0873. The molecule has 1 aliphatic rings. The lowest BCUT2D eigenvalue weighted by Gasteiger charge is -2.27. The number of carbonyl (C=O) groups excluding carboxylic acids is 1. The Morgan fingerprint density at radius 3 is 1.32 bits per heavy atom. The van der Waals surface area contributed by atoms with Crippen molar-refractivity contribution in [3.05, 3.63) is 0 Å². The van der Waals surface area contributed by atoms with Gasteiger partial charge in [0.15, 0.2) is 0 Å². The summed E-state index contributed by atoms with van der Waals surface area (Å²) in [5.41, 5.74) is 0. The van der Waals surface area contributed by atoms with Crippen molar-refractivity contribution in [2.24, 2.45) is 11.8 Å². The zero-order valence-corrected chi connectivity index (χ0v) is 39.2. The van der Waals surface area contributed by atoms with Crippen molar-refractivity contribution < 1.29 is 23.7 Å². The zero-order chi connectivity index (χ0) is 41.4. The van der Waals surface area contributed by atoms with E-state index in [1.807, 2.05) is 14.1 Å². The van der Waals surface area contributed by atoms with Gasteiger partial charge < -0.3 is 29.2 Å². The molecule has 7 nitrogen and oxygen atoms in total. The fourth-order valence-corrected chi connectivity index (χ4v) is 8.43. The monoisotopic (exact) mass is 809 g/mol. The van der Waals surface area contributed by atoms with Crippen molar-refractivity contribution >= 4 is 6.09 Å². The van der Waals surface area contributed by atoms with Gasteiger partial charge in [0, 0.05) is 13.1 Å². The van der Waals surface area contributed by atoms with Crippen LogP contribution >= 0.6 is 0 Å². The summed E-state index contributed by atoms with van der Waals surface area (Å²) in [4.78, 5) is 14.7. The molecule has 0 bridgehead atoms. The Morgan fingerprint density at radius 2 is 0.930 bits per heavy atom. The van der Waals surface area contributed by atoms with Crippen LogP contribution in [0.4, 0.5) is 4.79 Å². The first-order valence-corrected chi connectivity index (χ1v) is 25.3. The van der Waals surface area contributed by atoms with Crippen LogP contribution in [0.3, 0.4) is 0 Å². The second kappa shape index (κ2) is 40.5. The number of rotatable bonds is 43. The predicted molar refractivity (Wildman–Crippen MR) is 245 cm³/mol. The van der Waals surface area contributed by atoms with Crippen molar-refractivity contribution in [2.75, 3.05) is 53.6 Å². The maximum absolute atomic E-state index is 12.6. The smallest absolute Gasteiger partial charge is 0.407 e. The summed E-state index contributed by atoms with van der Waals surface area (Å²) < 4.78 is 25.8. The van der Waals surface area contributed by atoms with E-state index in [0.29, 0.717) is 25.0 Å². The molecule has 0 radical (unpaired) electrons. The predicted octanol–water partition coefficient (Wildman–Crippen LogP) is 14.2. The number of alkyl carbamates (subject to hydrolysis) is 1. The molecule has 57 heavy (non-hydrogen) atoms. The number of hydrogen-bond acceptors (Lipinski definition) is 6. The van der Waals surface area contributed by atoms with E-state index in [4.69, 9.17) is 18.9 Å². The SMILES string of the molecule is CCCCCCCCCCC(CCCCCCCC)CO[C@@H]1[C@@H](OCC(CCCCCCCC)CCCCCCCCCC)CO[C@@H]1COC(=O)NCCN(C)C. The second-order valence-corrected chi connectivity index (χ2v) is 18.2. The summed E-state index contributed by atoms with van der Waals surface area (Å²) in [6, 6.07) is 0. The molecular weight excluding hydrogens is 709 g/mol. The van der Waals surface area contributed by atoms with E-state index in [-0.39, 0.29) is 31.0 Å². The van der Waals surface area contributed by atoms with Crippen LogP contribution in [0.1, 0.15) is 233 Å². The van der Waals surface area contributed by atoms with E-state index in [1.165, 1.54) is 205 Å². The lowest BCUT2D eigenvalue weighted by Crippen LogP contribution is -2.41. The highest BCUT2D eigenvalue weighted by atomic mass is 16.6. The van der Waals surface area contributed by atoms with Gasteiger partial charge in [-0.25, -0.2) is 4.79 Å². The van der Waals surface area contributed by atoms with E-state index in [9.17, 15) is 4.79 Å². The maximum Gasteiger partial charge on any atom is 0.407 e. The molecule has 2 unspecified atom stereocenters. The average molecular weight is 809 g/mol. The molecule has 1 N–H and O–H groups in total. The van der Waals surface area contributed by atoms with Gasteiger partial charge in [-0.3, -0.25) is 0 Å². The van der Waals surface area contributed by atoms with Crippen LogP contribution in [-0.2, 0) is 18.9 Å². The maximum atomic E-state index is 12.6. The van der Waals surface area contributed by atoms with Crippen LogP contribution in [0.25, 0.3) is 0 Å². The fraction of sp³-hybridized carbons (Fsp3) is 0.980. The molecule has 5 atom stereocenters. The average Bonchev–Trinajstić information content (AvgIpc) is 3.59. The van der Waals surface area contributed by atoms with Crippen LogP contribution in [-0.4, -0.2) is 82.9 Å². The normalized spacial score (nSPS) is 18.1. The molecule has 1 amide bonds. The van der Waals surface area contributed by atoms with Gasteiger partial charge >= 0.3 is 6.09 Å². The molecule has 0 aliphatic carbocycles. The molecule has 1 saturated heterocycles. The van der Waals surface area contributed by atoms with Gasteiger partial charge in [-0.05, 0) is 51.6 Å². The van der Waals surface area contributed by atoms with Crippen LogP contribution in [0.15, 0.2) is 0 Å². The van der Waals surface area contributed by atoms with Crippen molar-refractivity contribution in [3.8, 4) is 0 Å². The van der Waals surface area contributed by atoms with Crippen molar-refractivity contribution in [2.45, 2.75) is 251 Å². The third kappa shape index (κ3) is 32.5. The van der Waals surface area contributed by atoms with Crippen molar-refractivity contribution in [1.82, 2.24) is 10.2 Å². The van der Waals surface area contributed by atoms with Crippen LogP contribution < -0.4 is 5.32 Å². The van der Waals surface area contributed by atoms with Gasteiger partial charge in [-0.1, -0.05) is 207 Å². The number of unbranched alkanes of at least 4 members (excludes halogenated alkanes) is 24. The second-order valence-electron chi connectivity index (χ2n) is 18.2. The molecular formula is C50H100N2O5. The summed E-state index contributed by atoms with van der Waals surface area (Å²) in [5.74, 6) is 1.13. The van der Waals surface area contributed by atoms with Gasteiger partial charge in [0.1, 0.15) is 24.9 Å². The molecule has 0 aromatic heterocycles. The molecule has 0 saturated carbocycles. The van der Waals surface area contributed by atoms with E-state index < -0.39 is 0 Å². The number of ether oxygens (including phenoxy) is 4. The highest BCUT2D eigenvalue weighted by Crippen LogP contribution is 2.28. The Kier molecular flexibility index (Phi) is 38.5. The van der Waals surface area contributed by atoms with Gasteiger partial charge in [0.25, 0.3) is 0 Å². The standard InChI is InChI=1S/C50H100N2O5/c1-7-11-15-19-23-25-29-33-36-45(35-31-27-21-17-13-9-3)41-54-47-43-55-48(44-57-50(53)51-39-40-52(5)6)49(47)56-42-46(37-32-28-22-18-14-10-4)38-34-30-26-24-20-16-12-8-2/h45-49H,7-44H2,1-6H3,(H,51,53)/t45?,46?,47-,48+,49+/m0/s1. The Balaban J connectivity index is 2.91. The molecule has 1 fully saturated rings. The first-order chi connectivity index (χ1) is 27.9. The summed E-state index contributed by atoms with van der Waals surface area (Å²) in [5, 5.41) is 2.89. The fourth-order valence-electron chi connectivity index (χ4n) is 8.43. The van der Waals surface area contributed by atoms with Gasteiger partial charge in [0.2, 0.25) is 0 Å². The van der Waals surface area contributed by atoms with E-state index in [0.717, 1.165) is 19.8 Å². The van der Waals surface area contributed by atoms with Crippen molar-refractivity contribution in [1.29, 1.82) is 0 Å². The largest absolute Gasteiger partial charge is 0.447 e.